The lowest BCUT2D eigenvalue weighted by Crippen LogP contribution is -2.28. The van der Waals surface area contributed by atoms with Crippen LogP contribution in [0.1, 0.15) is 19.3 Å². The zero-order chi connectivity index (χ0) is 14.0. The first-order valence-corrected chi connectivity index (χ1v) is 8.30. The second kappa shape index (κ2) is 5.51. The number of pyridine rings is 1. The van der Waals surface area contributed by atoms with Crippen LogP contribution in [0.5, 0.6) is 0 Å². The SMILES string of the molecule is O=S(=O)(NCCCNC1CC1)c1c[nH]c2ncccc12. The highest BCUT2D eigenvalue weighted by atomic mass is 32.2. The number of rotatable bonds is 7. The molecule has 0 bridgehead atoms. The van der Waals surface area contributed by atoms with Crippen molar-refractivity contribution in [1.82, 2.24) is 20.0 Å². The molecule has 1 saturated carbocycles. The molecule has 0 radical (unpaired) electrons. The van der Waals surface area contributed by atoms with E-state index in [4.69, 9.17) is 0 Å². The van der Waals surface area contributed by atoms with Gasteiger partial charge in [0.05, 0.1) is 0 Å². The summed E-state index contributed by atoms with van der Waals surface area (Å²) in [6.45, 7) is 1.29. The van der Waals surface area contributed by atoms with E-state index in [9.17, 15) is 8.42 Å². The third kappa shape index (κ3) is 3.00. The number of aromatic nitrogens is 2. The van der Waals surface area contributed by atoms with E-state index in [0.29, 0.717) is 23.6 Å². The fourth-order valence-electron chi connectivity index (χ4n) is 2.12. The van der Waals surface area contributed by atoms with E-state index >= 15 is 0 Å². The van der Waals surface area contributed by atoms with E-state index in [2.05, 4.69) is 20.0 Å². The van der Waals surface area contributed by atoms with E-state index in [1.807, 2.05) is 0 Å². The zero-order valence-corrected chi connectivity index (χ0v) is 11.9. The van der Waals surface area contributed by atoms with Crippen molar-refractivity contribution in [3.05, 3.63) is 24.5 Å². The second-order valence-electron chi connectivity index (χ2n) is 5.03. The van der Waals surface area contributed by atoms with Crippen LogP contribution < -0.4 is 10.0 Å². The summed E-state index contributed by atoms with van der Waals surface area (Å²) in [5.74, 6) is 0. The molecule has 3 rings (SSSR count). The van der Waals surface area contributed by atoms with Crippen molar-refractivity contribution in [2.75, 3.05) is 13.1 Å². The molecule has 7 heteroatoms. The third-order valence-corrected chi connectivity index (χ3v) is 4.86. The first kappa shape index (κ1) is 13.5. The largest absolute Gasteiger partial charge is 0.345 e. The van der Waals surface area contributed by atoms with E-state index in [0.717, 1.165) is 13.0 Å². The summed E-state index contributed by atoms with van der Waals surface area (Å²) in [4.78, 5) is 7.23. The lowest BCUT2D eigenvalue weighted by atomic mass is 10.3. The van der Waals surface area contributed by atoms with E-state index in [1.165, 1.54) is 19.0 Å². The Morgan fingerprint density at radius 1 is 1.35 bits per heavy atom. The molecule has 0 saturated heterocycles. The molecular formula is C13H18N4O2S. The van der Waals surface area contributed by atoms with E-state index in [-0.39, 0.29) is 4.90 Å². The Morgan fingerprint density at radius 2 is 2.20 bits per heavy atom. The first-order chi connectivity index (χ1) is 9.67. The molecule has 108 valence electrons. The summed E-state index contributed by atoms with van der Waals surface area (Å²) in [6.07, 6.45) is 6.40. The van der Waals surface area contributed by atoms with Crippen molar-refractivity contribution < 1.29 is 8.42 Å². The Morgan fingerprint density at radius 3 is 3.00 bits per heavy atom. The van der Waals surface area contributed by atoms with Crippen LogP contribution in [0.2, 0.25) is 0 Å². The highest BCUT2D eigenvalue weighted by Crippen LogP contribution is 2.20. The molecule has 0 aliphatic heterocycles. The van der Waals surface area contributed by atoms with Gasteiger partial charge in [0.2, 0.25) is 10.0 Å². The zero-order valence-electron chi connectivity index (χ0n) is 11.1. The van der Waals surface area contributed by atoms with E-state index < -0.39 is 10.0 Å². The van der Waals surface area contributed by atoms with Crippen molar-refractivity contribution in [2.45, 2.75) is 30.2 Å². The summed E-state index contributed by atoms with van der Waals surface area (Å²) in [6, 6.07) is 4.14. The maximum atomic E-state index is 12.2. The predicted octanol–water partition coefficient (Wildman–Crippen LogP) is 0.983. The lowest BCUT2D eigenvalue weighted by Gasteiger charge is -2.06. The van der Waals surface area contributed by atoms with Gasteiger partial charge in [-0.2, -0.15) is 0 Å². The van der Waals surface area contributed by atoms with Crippen LogP contribution in [-0.2, 0) is 10.0 Å². The summed E-state index contributed by atoms with van der Waals surface area (Å²) in [5, 5.41) is 3.98. The number of aromatic amines is 1. The van der Waals surface area contributed by atoms with Gasteiger partial charge in [0, 0.05) is 30.4 Å². The molecule has 2 aromatic rings. The van der Waals surface area contributed by atoms with Crippen LogP contribution in [-0.4, -0.2) is 37.5 Å². The van der Waals surface area contributed by atoms with Crippen molar-refractivity contribution in [3.8, 4) is 0 Å². The van der Waals surface area contributed by atoms with Gasteiger partial charge < -0.3 is 10.3 Å². The van der Waals surface area contributed by atoms with Gasteiger partial charge >= 0.3 is 0 Å². The van der Waals surface area contributed by atoms with Crippen LogP contribution in [0.25, 0.3) is 11.0 Å². The van der Waals surface area contributed by atoms with Crippen molar-refractivity contribution >= 4 is 21.1 Å². The van der Waals surface area contributed by atoms with Gasteiger partial charge in [-0.15, -0.1) is 0 Å². The van der Waals surface area contributed by atoms with Gasteiger partial charge in [0.1, 0.15) is 10.5 Å². The van der Waals surface area contributed by atoms with Crippen LogP contribution >= 0.6 is 0 Å². The smallest absolute Gasteiger partial charge is 0.242 e. The van der Waals surface area contributed by atoms with Crippen LogP contribution in [0.3, 0.4) is 0 Å². The molecule has 1 aliphatic carbocycles. The number of sulfonamides is 1. The molecule has 0 spiro atoms. The molecule has 20 heavy (non-hydrogen) atoms. The molecule has 3 N–H and O–H groups in total. The van der Waals surface area contributed by atoms with Gasteiger partial charge in [-0.3, -0.25) is 0 Å². The lowest BCUT2D eigenvalue weighted by molar-refractivity contribution is 0.574. The highest BCUT2D eigenvalue weighted by molar-refractivity contribution is 7.89. The average Bonchev–Trinajstić information content (AvgIpc) is 3.15. The summed E-state index contributed by atoms with van der Waals surface area (Å²) >= 11 is 0. The van der Waals surface area contributed by atoms with Gasteiger partial charge in [0.25, 0.3) is 0 Å². The number of nitrogens with one attached hydrogen (secondary N) is 3. The fourth-order valence-corrected chi connectivity index (χ4v) is 3.36. The maximum absolute atomic E-state index is 12.2. The second-order valence-corrected chi connectivity index (χ2v) is 6.77. The third-order valence-electron chi connectivity index (χ3n) is 3.36. The molecule has 2 heterocycles. The molecular weight excluding hydrogens is 276 g/mol. The van der Waals surface area contributed by atoms with Gasteiger partial charge in [-0.1, -0.05) is 0 Å². The first-order valence-electron chi connectivity index (χ1n) is 6.82. The minimum absolute atomic E-state index is 0.260. The molecule has 1 fully saturated rings. The number of nitrogens with zero attached hydrogens (tertiary/aromatic N) is 1. The predicted molar refractivity (Wildman–Crippen MR) is 76.9 cm³/mol. The molecule has 6 nitrogen and oxygen atoms in total. The summed E-state index contributed by atoms with van der Waals surface area (Å²) in [7, 11) is -3.48. The van der Waals surface area contributed by atoms with Gasteiger partial charge in [-0.05, 0) is 37.9 Å². The normalized spacial score (nSPS) is 15.8. The highest BCUT2D eigenvalue weighted by Gasteiger charge is 2.20. The summed E-state index contributed by atoms with van der Waals surface area (Å²) < 4.78 is 27.1. The Hall–Kier alpha value is -1.44. The minimum Gasteiger partial charge on any atom is -0.345 e. The Balaban J connectivity index is 1.61. The van der Waals surface area contributed by atoms with Crippen LogP contribution in [0, 0.1) is 0 Å². The number of H-pyrrole nitrogens is 1. The van der Waals surface area contributed by atoms with Gasteiger partial charge in [0.15, 0.2) is 0 Å². The monoisotopic (exact) mass is 294 g/mol. The quantitative estimate of drug-likeness (QED) is 0.664. The Kier molecular flexibility index (Phi) is 3.73. The molecule has 0 unspecified atom stereocenters. The molecule has 2 aromatic heterocycles. The average molecular weight is 294 g/mol. The van der Waals surface area contributed by atoms with Crippen molar-refractivity contribution in [3.63, 3.8) is 0 Å². The van der Waals surface area contributed by atoms with Gasteiger partial charge in [-0.25, -0.2) is 18.1 Å². The fraction of sp³-hybridized carbons (Fsp3) is 0.462. The van der Waals surface area contributed by atoms with Crippen molar-refractivity contribution in [2.24, 2.45) is 0 Å². The maximum Gasteiger partial charge on any atom is 0.242 e. The number of hydrogen-bond acceptors (Lipinski definition) is 4. The molecule has 1 aliphatic rings. The Bertz CT molecular complexity index is 691. The van der Waals surface area contributed by atoms with Crippen LogP contribution in [0.15, 0.2) is 29.4 Å². The summed E-state index contributed by atoms with van der Waals surface area (Å²) in [5.41, 5.74) is 0.586. The van der Waals surface area contributed by atoms with Crippen molar-refractivity contribution in [1.29, 1.82) is 0 Å². The van der Waals surface area contributed by atoms with E-state index in [1.54, 1.807) is 18.3 Å². The Labute approximate surface area is 118 Å². The minimum atomic E-state index is -3.48. The molecule has 0 atom stereocenters. The molecule has 0 amide bonds. The topological polar surface area (TPSA) is 86.9 Å². The standard InChI is InChI=1S/C13H18N4O2S/c18-20(19,17-8-2-7-14-10-4-5-10)12-9-16-13-11(12)3-1-6-15-13/h1,3,6,9-10,14,17H,2,4-5,7-8H2,(H,15,16). The molecule has 0 aromatic carbocycles. The number of fused-ring (bicyclic) bond motifs is 1. The van der Waals surface area contributed by atoms with Crippen LogP contribution in [0.4, 0.5) is 0 Å². The number of hydrogen-bond donors (Lipinski definition) is 3.